The molecule has 0 aliphatic heterocycles. The summed E-state index contributed by atoms with van der Waals surface area (Å²) in [5.74, 6) is 0.158. The van der Waals surface area contributed by atoms with Gasteiger partial charge in [-0.05, 0) is 24.3 Å². The zero-order valence-electron chi connectivity index (χ0n) is 11.9. The Bertz CT molecular complexity index is 401. The molecule has 0 aliphatic rings. The third-order valence-corrected chi connectivity index (χ3v) is 3.88. The van der Waals surface area contributed by atoms with E-state index in [1.165, 1.54) is 6.07 Å². The Balaban J connectivity index is 2.69. The molecule has 1 unspecified atom stereocenters. The first-order chi connectivity index (χ1) is 8.24. The molecule has 0 aliphatic carbocycles. The average molecular weight is 253 g/mol. The van der Waals surface area contributed by atoms with E-state index in [2.05, 4.69) is 33.0 Å². The van der Waals surface area contributed by atoms with E-state index in [0.29, 0.717) is 11.5 Å². The van der Waals surface area contributed by atoms with Crippen LogP contribution in [0.5, 0.6) is 5.75 Å². The van der Waals surface area contributed by atoms with Crippen molar-refractivity contribution in [3.8, 4) is 5.75 Å². The fourth-order valence-electron chi connectivity index (χ4n) is 1.60. The zero-order valence-corrected chi connectivity index (χ0v) is 11.9. The van der Waals surface area contributed by atoms with Crippen LogP contribution in [0.4, 0.5) is 4.39 Å². The van der Waals surface area contributed by atoms with Crippen LogP contribution in [0.15, 0.2) is 18.2 Å². The van der Waals surface area contributed by atoms with Crippen molar-refractivity contribution in [2.75, 3.05) is 6.54 Å². The van der Waals surface area contributed by atoms with Crippen LogP contribution in [0.25, 0.3) is 0 Å². The summed E-state index contributed by atoms with van der Waals surface area (Å²) >= 11 is 0. The number of benzene rings is 1. The monoisotopic (exact) mass is 253 g/mol. The van der Waals surface area contributed by atoms with E-state index >= 15 is 0 Å². The standard InChI is InChI=1S/C15H24FNO/c1-10(2)15(4,5)9-17-11(3)13-7-6-12(18)8-14(13)16/h6-8,10-11,17-18H,9H2,1-5H3. The predicted molar refractivity (Wildman–Crippen MR) is 73.1 cm³/mol. The van der Waals surface area contributed by atoms with Crippen LogP contribution >= 0.6 is 0 Å². The first kappa shape index (κ1) is 15.0. The summed E-state index contributed by atoms with van der Waals surface area (Å²) in [6.45, 7) is 11.5. The smallest absolute Gasteiger partial charge is 0.131 e. The van der Waals surface area contributed by atoms with Crippen LogP contribution in [-0.2, 0) is 0 Å². The van der Waals surface area contributed by atoms with Crippen LogP contribution in [-0.4, -0.2) is 11.7 Å². The Hall–Kier alpha value is -1.09. The van der Waals surface area contributed by atoms with E-state index in [4.69, 9.17) is 0 Å². The molecule has 1 aromatic rings. The summed E-state index contributed by atoms with van der Waals surface area (Å²) in [6, 6.07) is 4.24. The van der Waals surface area contributed by atoms with Gasteiger partial charge in [0.25, 0.3) is 0 Å². The topological polar surface area (TPSA) is 32.3 Å². The third-order valence-electron chi connectivity index (χ3n) is 3.88. The minimum absolute atomic E-state index is 0.0361. The minimum Gasteiger partial charge on any atom is -0.508 e. The van der Waals surface area contributed by atoms with Crippen molar-refractivity contribution in [2.24, 2.45) is 11.3 Å². The average Bonchev–Trinajstić information content (AvgIpc) is 2.25. The molecule has 0 aromatic heterocycles. The molecule has 0 heterocycles. The highest BCUT2D eigenvalue weighted by atomic mass is 19.1. The molecule has 0 radical (unpaired) electrons. The molecule has 1 aromatic carbocycles. The SMILES string of the molecule is CC(NCC(C)(C)C(C)C)c1ccc(O)cc1F. The lowest BCUT2D eigenvalue weighted by Gasteiger charge is -2.31. The molecule has 0 spiro atoms. The fourth-order valence-corrected chi connectivity index (χ4v) is 1.60. The number of phenolic OH excluding ortho intramolecular Hbond substituents is 1. The third kappa shape index (κ3) is 3.70. The summed E-state index contributed by atoms with van der Waals surface area (Å²) in [6.07, 6.45) is 0. The van der Waals surface area contributed by atoms with Crippen LogP contribution < -0.4 is 5.32 Å². The molecule has 102 valence electrons. The van der Waals surface area contributed by atoms with Crippen molar-refractivity contribution in [1.82, 2.24) is 5.32 Å². The van der Waals surface area contributed by atoms with E-state index in [-0.39, 0.29) is 23.0 Å². The molecule has 0 saturated heterocycles. The highest BCUT2D eigenvalue weighted by Crippen LogP contribution is 2.27. The fraction of sp³-hybridized carbons (Fsp3) is 0.600. The summed E-state index contributed by atoms with van der Waals surface area (Å²) in [5, 5.41) is 12.5. The Kier molecular flexibility index (Phi) is 4.74. The number of rotatable bonds is 5. The van der Waals surface area contributed by atoms with E-state index in [1.807, 2.05) is 6.92 Å². The summed E-state index contributed by atoms with van der Waals surface area (Å²) in [4.78, 5) is 0. The number of halogens is 1. The van der Waals surface area contributed by atoms with Gasteiger partial charge in [-0.15, -0.1) is 0 Å². The van der Waals surface area contributed by atoms with Crippen LogP contribution in [0.2, 0.25) is 0 Å². The van der Waals surface area contributed by atoms with Crippen molar-refractivity contribution in [2.45, 2.75) is 40.7 Å². The van der Waals surface area contributed by atoms with Gasteiger partial charge in [-0.2, -0.15) is 0 Å². The van der Waals surface area contributed by atoms with Crippen molar-refractivity contribution in [3.05, 3.63) is 29.6 Å². The summed E-state index contributed by atoms with van der Waals surface area (Å²) in [5.41, 5.74) is 0.758. The Morgan fingerprint density at radius 1 is 1.28 bits per heavy atom. The first-order valence-electron chi connectivity index (χ1n) is 6.46. The molecule has 0 saturated carbocycles. The maximum Gasteiger partial charge on any atom is 0.131 e. The van der Waals surface area contributed by atoms with Gasteiger partial charge in [0.15, 0.2) is 0 Å². The van der Waals surface area contributed by atoms with Gasteiger partial charge >= 0.3 is 0 Å². The molecule has 2 N–H and O–H groups in total. The number of aromatic hydroxyl groups is 1. The van der Waals surface area contributed by atoms with Gasteiger partial charge in [0, 0.05) is 24.2 Å². The Morgan fingerprint density at radius 2 is 1.89 bits per heavy atom. The second kappa shape index (κ2) is 5.70. The molecular weight excluding hydrogens is 229 g/mol. The largest absolute Gasteiger partial charge is 0.508 e. The van der Waals surface area contributed by atoms with Crippen molar-refractivity contribution < 1.29 is 9.50 Å². The molecule has 0 amide bonds. The van der Waals surface area contributed by atoms with Gasteiger partial charge in [-0.3, -0.25) is 0 Å². The van der Waals surface area contributed by atoms with Gasteiger partial charge in [-0.25, -0.2) is 4.39 Å². The maximum atomic E-state index is 13.7. The molecular formula is C15H24FNO. The first-order valence-corrected chi connectivity index (χ1v) is 6.46. The van der Waals surface area contributed by atoms with E-state index in [0.717, 1.165) is 12.6 Å². The van der Waals surface area contributed by atoms with Gasteiger partial charge < -0.3 is 10.4 Å². The summed E-state index contributed by atoms with van der Waals surface area (Å²) < 4.78 is 13.7. The molecule has 18 heavy (non-hydrogen) atoms. The van der Waals surface area contributed by atoms with Crippen LogP contribution in [0.3, 0.4) is 0 Å². The van der Waals surface area contributed by atoms with Crippen LogP contribution in [0.1, 0.15) is 46.2 Å². The van der Waals surface area contributed by atoms with Crippen molar-refractivity contribution in [1.29, 1.82) is 0 Å². The maximum absolute atomic E-state index is 13.7. The Labute approximate surface area is 109 Å². The molecule has 1 atom stereocenters. The minimum atomic E-state index is -0.364. The Morgan fingerprint density at radius 3 is 2.39 bits per heavy atom. The predicted octanol–water partition coefficient (Wildman–Crippen LogP) is 3.86. The van der Waals surface area contributed by atoms with E-state index in [1.54, 1.807) is 6.07 Å². The van der Waals surface area contributed by atoms with Crippen molar-refractivity contribution in [3.63, 3.8) is 0 Å². The molecule has 0 bridgehead atoms. The highest BCUT2D eigenvalue weighted by molar-refractivity contribution is 5.29. The van der Waals surface area contributed by atoms with E-state index < -0.39 is 0 Å². The van der Waals surface area contributed by atoms with Gasteiger partial charge in [0.2, 0.25) is 0 Å². The lowest BCUT2D eigenvalue weighted by Crippen LogP contribution is -2.35. The molecule has 3 heteroatoms. The normalized spacial score (nSPS) is 13.9. The molecule has 1 rings (SSSR count). The molecule has 2 nitrogen and oxygen atoms in total. The number of hydrogen-bond donors (Lipinski definition) is 2. The van der Waals surface area contributed by atoms with Crippen LogP contribution in [0, 0.1) is 17.2 Å². The zero-order chi connectivity index (χ0) is 13.9. The van der Waals surface area contributed by atoms with Crippen molar-refractivity contribution >= 4 is 0 Å². The highest BCUT2D eigenvalue weighted by Gasteiger charge is 2.23. The lowest BCUT2D eigenvalue weighted by molar-refractivity contribution is 0.230. The number of phenols is 1. The number of hydrogen-bond acceptors (Lipinski definition) is 2. The quantitative estimate of drug-likeness (QED) is 0.835. The summed E-state index contributed by atoms with van der Waals surface area (Å²) in [7, 11) is 0. The number of nitrogens with one attached hydrogen (secondary N) is 1. The lowest BCUT2D eigenvalue weighted by atomic mass is 9.81. The molecule has 0 fully saturated rings. The second-order valence-electron chi connectivity index (χ2n) is 5.95. The van der Waals surface area contributed by atoms with E-state index in [9.17, 15) is 9.50 Å². The van der Waals surface area contributed by atoms with Gasteiger partial charge in [-0.1, -0.05) is 33.8 Å². The van der Waals surface area contributed by atoms with Gasteiger partial charge in [0.1, 0.15) is 11.6 Å². The second-order valence-corrected chi connectivity index (χ2v) is 5.95. The van der Waals surface area contributed by atoms with Gasteiger partial charge in [0.05, 0.1) is 0 Å².